The van der Waals surface area contributed by atoms with Crippen molar-refractivity contribution in [2.24, 2.45) is 0 Å². The molecule has 0 unspecified atom stereocenters. The largest absolute Gasteiger partial charge is 0.302 e. The Morgan fingerprint density at radius 3 is 2.77 bits per heavy atom. The van der Waals surface area contributed by atoms with E-state index >= 15 is 0 Å². The highest BCUT2D eigenvalue weighted by molar-refractivity contribution is 7.19. The molecule has 0 atom stereocenters. The second kappa shape index (κ2) is 7.14. The Hall–Kier alpha value is -3.39. The zero-order chi connectivity index (χ0) is 20.8. The summed E-state index contributed by atoms with van der Waals surface area (Å²) in [5.41, 5.74) is 7.92. The molecule has 150 valence electrons. The number of pyridine rings is 2. The molecule has 1 N–H and O–H groups in total. The van der Waals surface area contributed by atoms with Gasteiger partial charge in [-0.1, -0.05) is 11.3 Å². The Kier molecular flexibility index (Phi) is 4.43. The molecule has 7 nitrogen and oxygen atoms in total. The van der Waals surface area contributed by atoms with E-state index in [1.165, 1.54) is 23.8 Å². The van der Waals surface area contributed by atoms with Crippen LogP contribution in [0.4, 0.5) is 5.13 Å². The topological polar surface area (TPSA) is 85.6 Å². The average Bonchev–Trinajstić information content (AvgIpc) is 3.29. The summed E-state index contributed by atoms with van der Waals surface area (Å²) in [5, 5.41) is 8.46. The molecule has 0 saturated carbocycles. The summed E-state index contributed by atoms with van der Waals surface area (Å²) in [7, 11) is 0. The lowest BCUT2D eigenvalue weighted by Gasteiger charge is -2.14. The van der Waals surface area contributed by atoms with E-state index < -0.39 is 0 Å². The SMILES string of the molecule is CC(=O)Nc1nc2c(s1)-c1c(c(-c3ccc(C)nc3)nn1-c1cccnc1C)CC2. The van der Waals surface area contributed by atoms with Gasteiger partial charge in [0.2, 0.25) is 5.91 Å². The lowest BCUT2D eigenvalue weighted by Crippen LogP contribution is -2.07. The number of fused-ring (bicyclic) bond motifs is 3. The highest BCUT2D eigenvalue weighted by Crippen LogP contribution is 2.44. The summed E-state index contributed by atoms with van der Waals surface area (Å²) < 4.78 is 1.97. The van der Waals surface area contributed by atoms with Gasteiger partial charge in [-0.2, -0.15) is 5.10 Å². The number of thiazole rings is 1. The molecule has 4 aromatic rings. The van der Waals surface area contributed by atoms with Crippen LogP contribution in [0.2, 0.25) is 0 Å². The van der Waals surface area contributed by atoms with Crippen LogP contribution in [-0.4, -0.2) is 30.6 Å². The van der Waals surface area contributed by atoms with Gasteiger partial charge in [0, 0.05) is 36.1 Å². The smallest absolute Gasteiger partial charge is 0.223 e. The van der Waals surface area contributed by atoms with E-state index in [0.717, 1.165) is 57.4 Å². The van der Waals surface area contributed by atoms with Crippen molar-refractivity contribution in [2.45, 2.75) is 33.6 Å². The van der Waals surface area contributed by atoms with Gasteiger partial charge < -0.3 is 5.32 Å². The Bertz CT molecular complexity index is 1270. The maximum atomic E-state index is 11.5. The molecular weight excluding hydrogens is 396 g/mol. The second-order valence-corrected chi connectivity index (χ2v) is 8.36. The number of rotatable bonds is 3. The summed E-state index contributed by atoms with van der Waals surface area (Å²) in [6, 6.07) is 8.02. The molecule has 0 aromatic carbocycles. The van der Waals surface area contributed by atoms with E-state index in [2.05, 4.69) is 26.3 Å². The molecule has 8 heteroatoms. The number of hydrogen-bond donors (Lipinski definition) is 1. The van der Waals surface area contributed by atoms with Crippen molar-refractivity contribution in [1.82, 2.24) is 24.7 Å². The summed E-state index contributed by atoms with van der Waals surface area (Å²) in [4.78, 5) is 26.2. The van der Waals surface area contributed by atoms with Crippen molar-refractivity contribution in [3.8, 4) is 27.5 Å². The third kappa shape index (κ3) is 3.09. The lowest BCUT2D eigenvalue weighted by atomic mass is 9.95. The molecule has 4 aromatic heterocycles. The molecule has 5 rings (SSSR count). The number of amides is 1. The van der Waals surface area contributed by atoms with Gasteiger partial charge in [-0.05, 0) is 51.0 Å². The molecular formula is C22H20N6OS. The van der Waals surface area contributed by atoms with Gasteiger partial charge in [-0.25, -0.2) is 9.67 Å². The number of carbonyl (C=O) groups is 1. The van der Waals surface area contributed by atoms with Crippen LogP contribution < -0.4 is 5.32 Å². The van der Waals surface area contributed by atoms with Crippen molar-refractivity contribution in [3.05, 3.63) is 59.3 Å². The van der Waals surface area contributed by atoms with E-state index in [0.29, 0.717) is 5.13 Å². The number of carbonyl (C=O) groups excluding carboxylic acids is 1. The Morgan fingerprint density at radius 1 is 1.17 bits per heavy atom. The van der Waals surface area contributed by atoms with Gasteiger partial charge in [0.25, 0.3) is 0 Å². The van der Waals surface area contributed by atoms with Crippen LogP contribution in [0.15, 0.2) is 36.7 Å². The van der Waals surface area contributed by atoms with Gasteiger partial charge in [0.15, 0.2) is 5.13 Å². The van der Waals surface area contributed by atoms with Crippen LogP contribution in [-0.2, 0) is 17.6 Å². The van der Waals surface area contributed by atoms with Crippen LogP contribution in [0.3, 0.4) is 0 Å². The predicted octanol–water partition coefficient (Wildman–Crippen LogP) is 4.13. The van der Waals surface area contributed by atoms with Crippen LogP contribution in [0.1, 0.15) is 29.6 Å². The standard InChI is InChI=1S/C22H20N6OS/c1-12-6-7-15(11-24-12)19-16-8-9-17-21(30-22(26-17)25-14(3)29)20(16)28(27-19)18-5-4-10-23-13(18)2/h4-7,10-11H,8-9H2,1-3H3,(H,25,26,29). The van der Waals surface area contributed by atoms with Gasteiger partial charge in [-0.3, -0.25) is 14.8 Å². The van der Waals surface area contributed by atoms with Crippen molar-refractivity contribution in [2.75, 3.05) is 5.32 Å². The zero-order valence-electron chi connectivity index (χ0n) is 16.9. The van der Waals surface area contributed by atoms with Gasteiger partial charge in [0.1, 0.15) is 0 Å². The maximum Gasteiger partial charge on any atom is 0.223 e. The minimum absolute atomic E-state index is 0.121. The normalized spacial score (nSPS) is 12.4. The molecule has 0 fully saturated rings. The third-order valence-corrected chi connectivity index (χ3v) is 6.20. The van der Waals surface area contributed by atoms with E-state index in [1.54, 1.807) is 6.20 Å². The number of nitrogens with zero attached hydrogens (tertiary/aromatic N) is 5. The van der Waals surface area contributed by atoms with Crippen molar-refractivity contribution in [1.29, 1.82) is 0 Å². The van der Waals surface area contributed by atoms with Crippen LogP contribution in [0.25, 0.3) is 27.5 Å². The molecule has 0 bridgehead atoms. The number of aryl methyl sites for hydroxylation is 3. The summed E-state index contributed by atoms with van der Waals surface area (Å²) in [5.74, 6) is -0.121. The lowest BCUT2D eigenvalue weighted by molar-refractivity contribution is -0.114. The first-order valence-electron chi connectivity index (χ1n) is 9.76. The minimum Gasteiger partial charge on any atom is -0.302 e. The number of hydrogen-bond acceptors (Lipinski definition) is 6. The first-order valence-corrected chi connectivity index (χ1v) is 10.6. The molecule has 0 aliphatic heterocycles. The highest BCUT2D eigenvalue weighted by atomic mass is 32.1. The summed E-state index contributed by atoms with van der Waals surface area (Å²) in [6.07, 6.45) is 5.30. The Labute approximate surface area is 177 Å². The highest BCUT2D eigenvalue weighted by Gasteiger charge is 2.30. The number of aromatic nitrogens is 5. The molecule has 1 aliphatic rings. The van der Waals surface area contributed by atoms with E-state index in [1.807, 2.05) is 42.9 Å². The Balaban J connectivity index is 1.76. The molecule has 0 saturated heterocycles. The van der Waals surface area contributed by atoms with Crippen LogP contribution in [0, 0.1) is 13.8 Å². The molecule has 1 aliphatic carbocycles. The zero-order valence-corrected chi connectivity index (χ0v) is 17.7. The van der Waals surface area contributed by atoms with Gasteiger partial charge >= 0.3 is 0 Å². The quantitative estimate of drug-likeness (QED) is 0.543. The molecule has 4 heterocycles. The fourth-order valence-electron chi connectivity index (χ4n) is 3.79. The van der Waals surface area contributed by atoms with Gasteiger partial charge in [-0.15, -0.1) is 0 Å². The van der Waals surface area contributed by atoms with Crippen LogP contribution in [0.5, 0.6) is 0 Å². The van der Waals surface area contributed by atoms with Crippen molar-refractivity contribution < 1.29 is 4.79 Å². The summed E-state index contributed by atoms with van der Waals surface area (Å²) in [6.45, 7) is 5.46. The fraction of sp³-hybridized carbons (Fsp3) is 0.227. The molecule has 0 radical (unpaired) electrons. The minimum atomic E-state index is -0.121. The monoisotopic (exact) mass is 416 g/mol. The molecule has 30 heavy (non-hydrogen) atoms. The van der Waals surface area contributed by atoms with E-state index in [4.69, 9.17) is 5.10 Å². The maximum absolute atomic E-state index is 11.5. The number of anilines is 1. The average molecular weight is 417 g/mol. The van der Waals surface area contributed by atoms with Gasteiger partial charge in [0.05, 0.1) is 33.3 Å². The van der Waals surface area contributed by atoms with Crippen molar-refractivity contribution >= 4 is 22.4 Å². The summed E-state index contributed by atoms with van der Waals surface area (Å²) >= 11 is 1.49. The first-order chi connectivity index (χ1) is 14.5. The molecule has 1 amide bonds. The third-order valence-electron chi connectivity index (χ3n) is 5.18. The first kappa shape index (κ1) is 18.6. The number of nitrogens with one attached hydrogen (secondary N) is 1. The fourth-order valence-corrected chi connectivity index (χ4v) is 4.90. The van der Waals surface area contributed by atoms with Crippen molar-refractivity contribution in [3.63, 3.8) is 0 Å². The van der Waals surface area contributed by atoms with Crippen LogP contribution >= 0.6 is 11.3 Å². The second-order valence-electron chi connectivity index (χ2n) is 7.36. The van der Waals surface area contributed by atoms with E-state index in [-0.39, 0.29) is 5.91 Å². The molecule has 0 spiro atoms. The Morgan fingerprint density at radius 2 is 2.03 bits per heavy atom. The van der Waals surface area contributed by atoms with E-state index in [9.17, 15) is 4.79 Å². The predicted molar refractivity (Wildman–Crippen MR) is 117 cm³/mol.